The highest BCUT2D eigenvalue weighted by molar-refractivity contribution is 7.89. The van der Waals surface area contributed by atoms with Crippen molar-refractivity contribution < 1.29 is 36.3 Å². The number of aliphatic carboxylic acids is 1. The van der Waals surface area contributed by atoms with Crippen LogP contribution in [0.4, 0.5) is 36.2 Å². The number of carbonyl (C=O) groups excluding carboxylic acids is 1. The molecule has 0 spiro atoms. The van der Waals surface area contributed by atoms with E-state index in [1.807, 2.05) is 0 Å². The normalized spacial score (nSPS) is 13.1. The fourth-order valence-electron chi connectivity index (χ4n) is 3.45. The molecule has 0 unspecified atom stereocenters. The molecule has 3 aromatic rings. The van der Waals surface area contributed by atoms with Crippen LogP contribution >= 0.6 is 0 Å². The molecule has 2 heterocycles. The summed E-state index contributed by atoms with van der Waals surface area (Å²) in [5.74, 6) is -2.17. The van der Waals surface area contributed by atoms with Crippen molar-refractivity contribution in [2.24, 2.45) is 5.73 Å². The number of halogens is 3. The molecule has 1 aliphatic rings. The van der Waals surface area contributed by atoms with Crippen LogP contribution in [0.5, 0.6) is 0 Å². The Balaban J connectivity index is 0.000000559. The monoisotopic (exact) mass is 582 g/mol. The van der Waals surface area contributed by atoms with Gasteiger partial charge in [0.25, 0.3) is 0 Å². The van der Waals surface area contributed by atoms with Crippen molar-refractivity contribution in [1.29, 1.82) is 5.26 Å². The van der Waals surface area contributed by atoms with Gasteiger partial charge < -0.3 is 26.4 Å². The second-order valence-corrected chi connectivity index (χ2v) is 11.0. The number of anilines is 4. The van der Waals surface area contributed by atoms with Crippen molar-refractivity contribution >= 4 is 50.4 Å². The summed E-state index contributed by atoms with van der Waals surface area (Å²) in [6.45, 7) is -0.192. The van der Waals surface area contributed by atoms with Crippen LogP contribution in [0.3, 0.4) is 0 Å². The molecule has 1 aliphatic carbocycles. The minimum absolute atomic E-state index is 0.192. The van der Waals surface area contributed by atoms with Crippen LogP contribution in [0.15, 0.2) is 30.5 Å². The van der Waals surface area contributed by atoms with Crippen LogP contribution in [0.1, 0.15) is 24.0 Å². The predicted molar refractivity (Wildman–Crippen MR) is 139 cm³/mol. The largest absolute Gasteiger partial charge is 0.490 e. The molecule has 0 atom stereocenters. The first-order valence-electron chi connectivity index (χ1n) is 11.5. The molecule has 40 heavy (non-hydrogen) atoms. The molecule has 1 aromatic carbocycles. The first-order chi connectivity index (χ1) is 18.6. The van der Waals surface area contributed by atoms with E-state index in [0.717, 1.165) is 19.1 Å². The molecule has 214 valence electrons. The highest BCUT2D eigenvalue weighted by atomic mass is 32.2. The molecular weight excluding hydrogens is 557 g/mol. The van der Waals surface area contributed by atoms with Crippen LogP contribution in [0.25, 0.3) is 5.65 Å². The molecule has 2 aromatic heterocycles. The zero-order valence-corrected chi connectivity index (χ0v) is 22.0. The number of hydrogen-bond donors (Lipinski definition) is 4. The summed E-state index contributed by atoms with van der Waals surface area (Å²) in [7, 11) is -1.82. The number of nitrogens with one attached hydrogen (secondary N) is 2. The minimum atomic E-state index is -5.08. The van der Waals surface area contributed by atoms with Gasteiger partial charge in [-0.25, -0.2) is 18.2 Å². The number of carbonyl (C=O) groups is 2. The Hall–Kier alpha value is -4.43. The van der Waals surface area contributed by atoms with E-state index < -0.39 is 22.0 Å². The van der Waals surface area contributed by atoms with Gasteiger partial charge >= 0.3 is 12.1 Å². The maximum absolute atomic E-state index is 12.1. The number of sulfone groups is 1. The fourth-order valence-corrected chi connectivity index (χ4v) is 4.25. The van der Waals surface area contributed by atoms with E-state index in [9.17, 15) is 31.6 Å². The highest BCUT2D eigenvalue weighted by Crippen LogP contribution is 2.30. The number of fused-ring (bicyclic) bond motifs is 1. The van der Waals surface area contributed by atoms with Gasteiger partial charge in [0.15, 0.2) is 15.5 Å². The number of rotatable bonds is 8. The lowest BCUT2D eigenvalue weighted by Gasteiger charge is -2.21. The average Bonchev–Trinajstić information content (AvgIpc) is 3.58. The smallest absolute Gasteiger partial charge is 0.475 e. The minimum Gasteiger partial charge on any atom is -0.475 e. The number of alkyl halides is 3. The van der Waals surface area contributed by atoms with E-state index >= 15 is 0 Å². The number of benzene rings is 1. The summed E-state index contributed by atoms with van der Waals surface area (Å²) in [5, 5.41) is 27.3. The number of nitrogens with two attached hydrogens (primary N) is 1. The molecule has 17 heteroatoms. The molecule has 4 rings (SSSR count). The first-order valence-corrected chi connectivity index (χ1v) is 13.6. The molecular formula is C23H25F3N8O5S. The first kappa shape index (κ1) is 30.1. The third-order valence-corrected chi connectivity index (χ3v) is 6.28. The van der Waals surface area contributed by atoms with Crippen LogP contribution < -0.4 is 21.3 Å². The summed E-state index contributed by atoms with van der Waals surface area (Å²) >= 11 is 0. The van der Waals surface area contributed by atoms with Gasteiger partial charge in [-0.2, -0.15) is 28.0 Å². The number of carboxylic acid groups (broad SMARTS) is 1. The van der Waals surface area contributed by atoms with E-state index in [1.165, 1.54) is 11.1 Å². The molecule has 1 saturated carbocycles. The number of carboxylic acids is 1. The lowest BCUT2D eigenvalue weighted by Crippen LogP contribution is -2.33. The van der Waals surface area contributed by atoms with E-state index in [2.05, 4.69) is 26.8 Å². The molecule has 13 nitrogen and oxygen atoms in total. The number of hydrogen-bond acceptors (Lipinski definition) is 10. The Bertz CT molecular complexity index is 1580. The quantitative estimate of drug-likeness (QED) is 0.303. The summed E-state index contributed by atoms with van der Waals surface area (Å²) in [6.07, 6.45) is -0.363. The number of likely N-dealkylation sites (N-methyl/N-ethyl adjacent to an activating group) is 1. The SMILES string of the molecule is CN(C(=O)CN)c1ccc(Nc2cc(NC3CC3)n3ncc(C#N)c3n2)cc1CS(C)(=O)=O.O=C(O)C(F)(F)F. The van der Waals surface area contributed by atoms with Gasteiger partial charge in [0, 0.05) is 36.8 Å². The molecule has 0 saturated heterocycles. The molecule has 1 amide bonds. The van der Waals surface area contributed by atoms with Crippen LogP contribution in [-0.4, -0.2) is 72.1 Å². The van der Waals surface area contributed by atoms with Crippen molar-refractivity contribution in [2.75, 3.05) is 35.4 Å². The lowest BCUT2D eigenvalue weighted by molar-refractivity contribution is -0.192. The van der Waals surface area contributed by atoms with E-state index in [0.29, 0.717) is 45.8 Å². The fraction of sp³-hybridized carbons (Fsp3) is 0.348. The van der Waals surface area contributed by atoms with Crippen molar-refractivity contribution in [3.05, 3.63) is 41.6 Å². The topological polar surface area (TPSA) is 196 Å². The van der Waals surface area contributed by atoms with Gasteiger partial charge in [-0.1, -0.05) is 0 Å². The average molecular weight is 583 g/mol. The predicted octanol–water partition coefficient (Wildman–Crippen LogP) is 2.02. The highest BCUT2D eigenvalue weighted by Gasteiger charge is 2.38. The zero-order valence-electron chi connectivity index (χ0n) is 21.2. The van der Waals surface area contributed by atoms with E-state index in [-0.39, 0.29) is 18.2 Å². The van der Waals surface area contributed by atoms with Gasteiger partial charge in [0.1, 0.15) is 23.3 Å². The third-order valence-electron chi connectivity index (χ3n) is 5.44. The zero-order chi connectivity index (χ0) is 29.8. The van der Waals surface area contributed by atoms with Crippen molar-refractivity contribution in [3.8, 4) is 6.07 Å². The molecule has 1 fully saturated rings. The summed E-state index contributed by atoms with van der Waals surface area (Å²) in [6, 6.07) is 9.29. The van der Waals surface area contributed by atoms with Gasteiger partial charge in [-0.05, 0) is 36.6 Å². The Labute approximate surface area is 226 Å². The maximum Gasteiger partial charge on any atom is 0.490 e. The van der Waals surface area contributed by atoms with Gasteiger partial charge in [-0.15, -0.1) is 0 Å². The Morgan fingerprint density at radius 1 is 1.30 bits per heavy atom. The summed E-state index contributed by atoms with van der Waals surface area (Å²) in [4.78, 5) is 26.8. The van der Waals surface area contributed by atoms with Gasteiger partial charge in [0.2, 0.25) is 5.91 Å². The molecule has 5 N–H and O–H groups in total. The van der Waals surface area contributed by atoms with E-state index in [1.54, 1.807) is 35.8 Å². The lowest BCUT2D eigenvalue weighted by atomic mass is 10.1. The van der Waals surface area contributed by atoms with E-state index in [4.69, 9.17) is 15.6 Å². The van der Waals surface area contributed by atoms with Crippen LogP contribution in [0, 0.1) is 11.3 Å². The number of aromatic nitrogens is 3. The van der Waals surface area contributed by atoms with Crippen molar-refractivity contribution in [3.63, 3.8) is 0 Å². The Morgan fingerprint density at radius 2 is 1.95 bits per heavy atom. The standard InChI is InChI=1S/C21H24N8O3S.C2HF3O2/c1-28(20(30)10-23)17-6-5-16(7-13(17)12-33(2,31)32)25-18-8-19(26-15-3-4-15)29-21(27-18)14(9-22)11-24-29;3-2(4,5)1(6)7/h5-8,11,15,26H,3-4,10,12,23H2,1-2H3,(H,25,27);(H,6,7). The summed E-state index contributed by atoms with van der Waals surface area (Å²) < 4.78 is 57.4. The number of nitriles is 1. The molecule has 0 radical (unpaired) electrons. The Kier molecular flexibility index (Phi) is 8.85. The second kappa shape index (κ2) is 11.8. The third kappa shape index (κ3) is 7.80. The number of amides is 1. The van der Waals surface area contributed by atoms with Crippen LogP contribution in [0.2, 0.25) is 0 Å². The van der Waals surface area contributed by atoms with Crippen molar-refractivity contribution in [2.45, 2.75) is 30.8 Å². The Morgan fingerprint density at radius 3 is 2.48 bits per heavy atom. The molecule has 0 bridgehead atoms. The van der Waals surface area contributed by atoms with Gasteiger partial charge in [-0.3, -0.25) is 4.79 Å². The van der Waals surface area contributed by atoms with Crippen LogP contribution in [-0.2, 0) is 25.2 Å². The molecule has 0 aliphatic heterocycles. The second-order valence-electron chi connectivity index (χ2n) is 8.85. The van der Waals surface area contributed by atoms with Gasteiger partial charge in [0.05, 0.1) is 18.5 Å². The maximum atomic E-state index is 12.1. The summed E-state index contributed by atoms with van der Waals surface area (Å²) in [5.41, 5.74) is 7.71. The number of nitrogens with zero attached hydrogens (tertiary/aromatic N) is 5. The van der Waals surface area contributed by atoms with Crippen molar-refractivity contribution in [1.82, 2.24) is 14.6 Å².